The molecule has 2 unspecified atom stereocenters. The lowest BCUT2D eigenvalue weighted by molar-refractivity contribution is -0.249. The van der Waals surface area contributed by atoms with Gasteiger partial charge in [0, 0.05) is 22.9 Å². The van der Waals surface area contributed by atoms with E-state index in [9.17, 15) is 20.0 Å². The van der Waals surface area contributed by atoms with Crippen LogP contribution >= 0.6 is 0 Å². The summed E-state index contributed by atoms with van der Waals surface area (Å²) in [6.07, 6.45) is 6.26. The molecule has 4 rings (SSSR count). The fraction of sp³-hybridized carbons (Fsp3) is 0.852. The van der Waals surface area contributed by atoms with E-state index in [1.165, 1.54) is 0 Å². The molecule has 8 heteroatoms. The van der Waals surface area contributed by atoms with Crippen LogP contribution in [0.15, 0.2) is 12.2 Å². The Hall–Kier alpha value is -1.48. The maximum Gasteiger partial charge on any atom is 0.310 e. The fourth-order valence-corrected chi connectivity index (χ4v) is 7.33. The van der Waals surface area contributed by atoms with Gasteiger partial charge in [0.25, 0.3) is 0 Å². The molecule has 2 bridgehead atoms. The molecule has 2 aliphatic carbocycles. The van der Waals surface area contributed by atoms with Crippen LogP contribution in [0.1, 0.15) is 74.7 Å². The van der Waals surface area contributed by atoms with Crippen molar-refractivity contribution in [3.63, 3.8) is 0 Å². The van der Waals surface area contributed by atoms with E-state index in [1.54, 1.807) is 27.7 Å². The Morgan fingerprint density at radius 3 is 1.34 bits per heavy atom. The van der Waals surface area contributed by atoms with Crippen LogP contribution in [0.25, 0.3) is 0 Å². The minimum absolute atomic E-state index is 0.0756. The van der Waals surface area contributed by atoms with Crippen LogP contribution < -0.4 is 0 Å². The Kier molecular flexibility index (Phi) is 6.48. The second-order valence-corrected chi connectivity index (χ2v) is 13.6. The molecule has 0 aromatic heterocycles. The molecule has 8 nitrogen and oxygen atoms in total. The zero-order valence-corrected chi connectivity index (χ0v) is 22.5. The fourth-order valence-electron chi connectivity index (χ4n) is 7.33. The second-order valence-electron chi connectivity index (χ2n) is 13.6. The molecule has 2 heterocycles. The van der Waals surface area contributed by atoms with Crippen molar-refractivity contribution >= 4 is 11.9 Å². The summed E-state index contributed by atoms with van der Waals surface area (Å²) in [7, 11) is 0. The van der Waals surface area contributed by atoms with Gasteiger partial charge >= 0.3 is 11.9 Å². The van der Waals surface area contributed by atoms with Crippen molar-refractivity contribution in [2.45, 2.75) is 96.8 Å². The van der Waals surface area contributed by atoms with E-state index in [0.717, 1.165) is 16.5 Å². The van der Waals surface area contributed by atoms with Crippen molar-refractivity contribution in [3.8, 4) is 0 Å². The van der Waals surface area contributed by atoms with Crippen LogP contribution in [0.4, 0.5) is 0 Å². The molecule has 6 atom stereocenters. The van der Waals surface area contributed by atoms with Gasteiger partial charge < -0.3 is 9.47 Å². The number of rotatable bonds is 6. The second kappa shape index (κ2) is 8.54. The van der Waals surface area contributed by atoms with Crippen molar-refractivity contribution in [2.75, 3.05) is 13.2 Å². The van der Waals surface area contributed by atoms with Crippen LogP contribution in [0, 0.1) is 35.5 Å². The standard InChI is InChI=1S/C27H42N2O6/c1-24(2)12-20(26(5,6)28(24)32)22(30)34-14-18-16-9-10-17(11-16)19(18)15-35-23(31)21-13-25(3,4)29(33)27(21,7)8/h9-10,16-21H,11-15H2,1-8H3/t16-,17+,18+,19-,20?,21?. The lowest BCUT2D eigenvalue weighted by Gasteiger charge is -2.34. The normalized spacial score (nSPS) is 38.7. The van der Waals surface area contributed by atoms with Gasteiger partial charge in [-0.15, -0.1) is 20.5 Å². The van der Waals surface area contributed by atoms with Gasteiger partial charge in [0.15, 0.2) is 0 Å². The number of hydroxylamine groups is 4. The van der Waals surface area contributed by atoms with Gasteiger partial charge in [-0.3, -0.25) is 9.59 Å². The van der Waals surface area contributed by atoms with Crippen molar-refractivity contribution in [2.24, 2.45) is 35.5 Å². The molecule has 0 spiro atoms. The molecule has 0 aromatic rings. The third-order valence-electron chi connectivity index (χ3n) is 9.46. The molecule has 0 amide bonds. The highest BCUT2D eigenvalue weighted by Gasteiger charge is 2.57. The Balaban J connectivity index is 1.37. The maximum absolute atomic E-state index is 13.0. The molecule has 0 N–H and O–H groups in total. The summed E-state index contributed by atoms with van der Waals surface area (Å²) in [6.45, 7) is 15.2. The summed E-state index contributed by atoms with van der Waals surface area (Å²) in [4.78, 5) is 26.1. The van der Waals surface area contributed by atoms with Crippen molar-refractivity contribution in [1.82, 2.24) is 10.1 Å². The first-order chi connectivity index (χ1) is 16.0. The molecule has 2 aliphatic heterocycles. The molecule has 2 saturated heterocycles. The van der Waals surface area contributed by atoms with Crippen LogP contribution in [-0.4, -0.2) is 57.4 Å². The summed E-state index contributed by atoms with van der Waals surface area (Å²) < 4.78 is 11.6. The minimum Gasteiger partial charge on any atom is -0.465 e. The third-order valence-corrected chi connectivity index (χ3v) is 9.46. The minimum atomic E-state index is -0.818. The monoisotopic (exact) mass is 490 g/mol. The average Bonchev–Trinajstić information content (AvgIpc) is 3.45. The van der Waals surface area contributed by atoms with E-state index in [1.807, 2.05) is 27.7 Å². The highest BCUT2D eigenvalue weighted by atomic mass is 16.5. The number of hydrogen-bond donors (Lipinski definition) is 0. The smallest absolute Gasteiger partial charge is 0.310 e. The lowest BCUT2D eigenvalue weighted by atomic mass is 9.83. The number of allylic oxidation sites excluding steroid dienone is 2. The molecular weight excluding hydrogens is 448 g/mol. The molecule has 35 heavy (non-hydrogen) atoms. The van der Waals surface area contributed by atoms with Crippen LogP contribution in [-0.2, 0) is 29.5 Å². The van der Waals surface area contributed by atoms with Gasteiger partial charge in [0.2, 0.25) is 0 Å². The zero-order chi connectivity index (χ0) is 26.1. The van der Waals surface area contributed by atoms with E-state index in [2.05, 4.69) is 12.2 Å². The molecule has 0 aromatic carbocycles. The Morgan fingerprint density at radius 2 is 1.06 bits per heavy atom. The molecule has 3 fully saturated rings. The van der Waals surface area contributed by atoms with Crippen LogP contribution in [0.3, 0.4) is 0 Å². The first-order valence-corrected chi connectivity index (χ1v) is 13.0. The van der Waals surface area contributed by atoms with Gasteiger partial charge in [-0.25, -0.2) is 0 Å². The SMILES string of the molecule is CC1(C)CC(C(=O)OC[C@@H]2[C@H](COC(=O)C3CC(C)(C)N([O])C3(C)C)[C@H]3C=C[C@@H]2C3)C(C)(C)N1[O]. The van der Waals surface area contributed by atoms with Crippen LogP contribution in [0.2, 0.25) is 0 Å². The quantitative estimate of drug-likeness (QED) is 0.413. The maximum atomic E-state index is 13.0. The number of carbonyl (C=O) groups excluding carboxylic acids is 2. The Morgan fingerprint density at radius 1 is 0.714 bits per heavy atom. The third kappa shape index (κ3) is 4.34. The van der Waals surface area contributed by atoms with E-state index in [4.69, 9.17) is 9.47 Å². The summed E-state index contributed by atoms with van der Waals surface area (Å²) in [5.74, 6) is -0.882. The molecule has 1 saturated carbocycles. The Bertz CT molecular complexity index is 824. The largest absolute Gasteiger partial charge is 0.465 e. The summed E-state index contributed by atoms with van der Waals surface area (Å²) in [5, 5.41) is 27.4. The highest BCUT2D eigenvalue weighted by molar-refractivity contribution is 5.75. The molecule has 196 valence electrons. The van der Waals surface area contributed by atoms with Gasteiger partial charge in [-0.05, 0) is 86.5 Å². The topological polar surface area (TPSA) is 98.9 Å². The molecule has 4 aliphatic rings. The van der Waals surface area contributed by atoms with E-state index >= 15 is 0 Å². The molecule has 2 radical (unpaired) electrons. The van der Waals surface area contributed by atoms with E-state index in [-0.39, 0.29) is 37.0 Å². The van der Waals surface area contributed by atoms with Crippen molar-refractivity contribution in [1.29, 1.82) is 0 Å². The zero-order valence-electron chi connectivity index (χ0n) is 22.5. The van der Waals surface area contributed by atoms with Crippen molar-refractivity contribution < 1.29 is 29.5 Å². The number of nitrogens with zero attached hydrogens (tertiary/aromatic N) is 2. The average molecular weight is 491 g/mol. The number of carbonyl (C=O) groups is 2. The predicted molar refractivity (Wildman–Crippen MR) is 127 cm³/mol. The molecular formula is C27H42N2O6. The van der Waals surface area contributed by atoms with Gasteiger partial charge in [-0.2, -0.15) is 0 Å². The van der Waals surface area contributed by atoms with Crippen molar-refractivity contribution in [3.05, 3.63) is 12.2 Å². The van der Waals surface area contributed by atoms with E-state index < -0.39 is 34.0 Å². The van der Waals surface area contributed by atoms with Gasteiger partial charge in [-0.1, -0.05) is 12.2 Å². The predicted octanol–water partition coefficient (Wildman–Crippen LogP) is 3.96. The summed E-state index contributed by atoms with van der Waals surface area (Å²) in [6, 6.07) is 0. The van der Waals surface area contributed by atoms with Crippen LogP contribution in [0.5, 0.6) is 0 Å². The lowest BCUT2D eigenvalue weighted by Crippen LogP contribution is -2.48. The number of esters is 2. The van der Waals surface area contributed by atoms with Gasteiger partial charge in [0.1, 0.15) is 0 Å². The summed E-state index contributed by atoms with van der Waals surface area (Å²) >= 11 is 0. The first kappa shape index (κ1) is 26.6. The summed E-state index contributed by atoms with van der Waals surface area (Å²) in [5.41, 5.74) is -2.86. The van der Waals surface area contributed by atoms with E-state index in [0.29, 0.717) is 24.7 Å². The van der Waals surface area contributed by atoms with Gasteiger partial charge in [0.05, 0.1) is 36.1 Å². The first-order valence-electron chi connectivity index (χ1n) is 13.0. The number of fused-ring (bicyclic) bond motifs is 2. The Labute approximate surface area is 209 Å². The number of ether oxygens (including phenoxy) is 2. The number of hydrogen-bond acceptors (Lipinski definition) is 6. The highest BCUT2D eigenvalue weighted by Crippen LogP contribution is 2.50.